The molecule has 15 heavy (non-hydrogen) atoms. The van der Waals surface area contributed by atoms with Crippen LogP contribution in [-0.2, 0) is 4.74 Å². The van der Waals surface area contributed by atoms with Crippen molar-refractivity contribution in [2.75, 3.05) is 13.7 Å². The molecule has 1 atom stereocenters. The van der Waals surface area contributed by atoms with Crippen LogP contribution >= 0.6 is 0 Å². The zero-order chi connectivity index (χ0) is 11.3. The van der Waals surface area contributed by atoms with Gasteiger partial charge in [-0.3, -0.25) is 0 Å². The Morgan fingerprint density at radius 3 is 2.47 bits per heavy atom. The molecular weight excluding hydrogens is 186 g/mol. The number of ether oxygens (including phenoxy) is 1. The molecular formula is C13H21NO. The van der Waals surface area contributed by atoms with Crippen LogP contribution in [0.5, 0.6) is 0 Å². The second-order valence-corrected chi connectivity index (χ2v) is 4.08. The molecule has 0 heterocycles. The van der Waals surface area contributed by atoms with Crippen LogP contribution in [0.3, 0.4) is 0 Å². The molecule has 2 nitrogen and oxygen atoms in total. The van der Waals surface area contributed by atoms with Gasteiger partial charge in [0.25, 0.3) is 0 Å². The number of benzene rings is 1. The maximum Gasteiger partial charge on any atom is 0.0664 e. The summed E-state index contributed by atoms with van der Waals surface area (Å²) in [6.45, 7) is 6.98. The van der Waals surface area contributed by atoms with Crippen molar-refractivity contribution >= 4 is 0 Å². The average Bonchev–Trinajstić information content (AvgIpc) is 2.21. The monoisotopic (exact) mass is 207 g/mol. The van der Waals surface area contributed by atoms with E-state index in [0.717, 1.165) is 6.61 Å². The van der Waals surface area contributed by atoms with E-state index >= 15 is 0 Å². The van der Waals surface area contributed by atoms with Gasteiger partial charge >= 0.3 is 0 Å². The van der Waals surface area contributed by atoms with Crippen molar-refractivity contribution in [2.24, 2.45) is 0 Å². The minimum absolute atomic E-state index is 0.282. The Labute approximate surface area is 92.6 Å². The third-order valence-corrected chi connectivity index (χ3v) is 2.51. The summed E-state index contributed by atoms with van der Waals surface area (Å²) in [5.74, 6) is 0. The van der Waals surface area contributed by atoms with Crippen LogP contribution in [0, 0.1) is 6.92 Å². The summed E-state index contributed by atoms with van der Waals surface area (Å²) < 4.78 is 5.64. The van der Waals surface area contributed by atoms with E-state index in [1.165, 1.54) is 11.1 Å². The zero-order valence-corrected chi connectivity index (χ0v) is 10.1. The van der Waals surface area contributed by atoms with Gasteiger partial charge in [0.1, 0.15) is 0 Å². The number of likely N-dealkylation sites (N-methyl/N-ethyl adjacent to an activating group) is 1. The maximum atomic E-state index is 5.64. The molecule has 0 bridgehead atoms. The molecule has 0 amide bonds. The van der Waals surface area contributed by atoms with Crippen molar-refractivity contribution in [3.05, 3.63) is 35.4 Å². The van der Waals surface area contributed by atoms with E-state index < -0.39 is 0 Å². The minimum atomic E-state index is 0.282. The standard InChI is InChI=1S/C13H21NO/c1-10(2)15-9-13(14-4)12-8-6-5-7-11(12)3/h5-8,10,13-14H,9H2,1-4H3. The summed E-state index contributed by atoms with van der Waals surface area (Å²) in [7, 11) is 1.97. The van der Waals surface area contributed by atoms with E-state index in [4.69, 9.17) is 4.74 Å². The van der Waals surface area contributed by atoms with Gasteiger partial charge in [-0.1, -0.05) is 24.3 Å². The first-order valence-electron chi connectivity index (χ1n) is 5.49. The lowest BCUT2D eigenvalue weighted by molar-refractivity contribution is 0.0625. The highest BCUT2D eigenvalue weighted by Gasteiger charge is 2.11. The lowest BCUT2D eigenvalue weighted by atomic mass is 10.0. The number of rotatable bonds is 5. The number of nitrogens with one attached hydrogen (secondary N) is 1. The van der Waals surface area contributed by atoms with Gasteiger partial charge in [-0.2, -0.15) is 0 Å². The zero-order valence-electron chi connectivity index (χ0n) is 10.1. The second-order valence-electron chi connectivity index (χ2n) is 4.08. The SMILES string of the molecule is CNC(COC(C)C)c1ccccc1C. The number of hydrogen-bond acceptors (Lipinski definition) is 2. The third kappa shape index (κ3) is 3.65. The Balaban J connectivity index is 2.70. The first kappa shape index (κ1) is 12.2. The molecule has 1 rings (SSSR count). The lowest BCUT2D eigenvalue weighted by Crippen LogP contribution is -2.24. The molecule has 0 saturated heterocycles. The molecule has 0 aliphatic rings. The fourth-order valence-electron chi connectivity index (χ4n) is 1.60. The molecule has 1 unspecified atom stereocenters. The average molecular weight is 207 g/mol. The normalized spacial score (nSPS) is 13.1. The third-order valence-electron chi connectivity index (χ3n) is 2.51. The molecule has 0 saturated carbocycles. The first-order valence-corrected chi connectivity index (χ1v) is 5.49. The van der Waals surface area contributed by atoms with Gasteiger partial charge < -0.3 is 10.1 Å². The first-order chi connectivity index (χ1) is 7.15. The van der Waals surface area contributed by atoms with Crippen LogP contribution in [0.4, 0.5) is 0 Å². The van der Waals surface area contributed by atoms with Gasteiger partial charge in [0.15, 0.2) is 0 Å². The summed E-state index contributed by atoms with van der Waals surface area (Å²) >= 11 is 0. The predicted molar refractivity (Wildman–Crippen MR) is 64.1 cm³/mol. The molecule has 1 aromatic rings. The fourth-order valence-corrected chi connectivity index (χ4v) is 1.60. The molecule has 0 aliphatic carbocycles. The van der Waals surface area contributed by atoms with Crippen molar-refractivity contribution in [3.63, 3.8) is 0 Å². The Morgan fingerprint density at radius 2 is 1.93 bits per heavy atom. The molecule has 0 aliphatic heterocycles. The van der Waals surface area contributed by atoms with E-state index in [1.807, 2.05) is 7.05 Å². The van der Waals surface area contributed by atoms with Crippen molar-refractivity contribution in [1.29, 1.82) is 0 Å². The smallest absolute Gasteiger partial charge is 0.0664 e. The highest BCUT2D eigenvalue weighted by molar-refractivity contribution is 5.28. The molecule has 0 spiro atoms. The minimum Gasteiger partial charge on any atom is -0.377 e. The van der Waals surface area contributed by atoms with Crippen molar-refractivity contribution in [2.45, 2.75) is 32.9 Å². The van der Waals surface area contributed by atoms with E-state index in [1.54, 1.807) is 0 Å². The second kappa shape index (κ2) is 5.89. The van der Waals surface area contributed by atoms with Crippen LogP contribution in [0.25, 0.3) is 0 Å². The molecule has 0 radical (unpaired) electrons. The quantitative estimate of drug-likeness (QED) is 0.801. The molecule has 0 aromatic heterocycles. The van der Waals surface area contributed by atoms with Crippen LogP contribution < -0.4 is 5.32 Å². The highest BCUT2D eigenvalue weighted by Crippen LogP contribution is 2.17. The Bertz CT molecular complexity index is 296. The number of hydrogen-bond donors (Lipinski definition) is 1. The topological polar surface area (TPSA) is 21.3 Å². The van der Waals surface area contributed by atoms with Gasteiger partial charge in [-0.25, -0.2) is 0 Å². The van der Waals surface area contributed by atoms with Crippen LogP contribution in [0.2, 0.25) is 0 Å². The van der Waals surface area contributed by atoms with Gasteiger partial charge in [-0.15, -0.1) is 0 Å². The Hall–Kier alpha value is -0.860. The van der Waals surface area contributed by atoms with Crippen LogP contribution in [-0.4, -0.2) is 19.8 Å². The van der Waals surface area contributed by atoms with Crippen molar-refractivity contribution in [1.82, 2.24) is 5.32 Å². The van der Waals surface area contributed by atoms with E-state index in [9.17, 15) is 0 Å². The molecule has 2 heteroatoms. The Kier molecular flexibility index (Phi) is 4.79. The summed E-state index contributed by atoms with van der Waals surface area (Å²) in [6, 6.07) is 8.71. The summed E-state index contributed by atoms with van der Waals surface area (Å²) in [6.07, 6.45) is 0.282. The largest absolute Gasteiger partial charge is 0.377 e. The van der Waals surface area contributed by atoms with Gasteiger partial charge in [0.05, 0.1) is 18.8 Å². The van der Waals surface area contributed by atoms with Crippen molar-refractivity contribution < 1.29 is 4.74 Å². The molecule has 84 valence electrons. The van der Waals surface area contributed by atoms with Gasteiger partial charge in [0, 0.05) is 0 Å². The fraction of sp³-hybridized carbons (Fsp3) is 0.538. The summed E-state index contributed by atoms with van der Waals surface area (Å²) in [5.41, 5.74) is 2.63. The Morgan fingerprint density at radius 1 is 1.27 bits per heavy atom. The number of aryl methyl sites for hydroxylation is 1. The van der Waals surface area contributed by atoms with Gasteiger partial charge in [0.2, 0.25) is 0 Å². The highest BCUT2D eigenvalue weighted by atomic mass is 16.5. The maximum absolute atomic E-state index is 5.64. The van der Waals surface area contributed by atoms with Crippen molar-refractivity contribution in [3.8, 4) is 0 Å². The predicted octanol–water partition coefficient (Wildman–Crippen LogP) is 2.68. The summed E-state index contributed by atoms with van der Waals surface area (Å²) in [4.78, 5) is 0. The summed E-state index contributed by atoms with van der Waals surface area (Å²) in [5, 5.41) is 3.29. The van der Waals surface area contributed by atoms with E-state index in [0.29, 0.717) is 0 Å². The molecule has 0 fully saturated rings. The molecule has 1 aromatic carbocycles. The van der Waals surface area contributed by atoms with Crippen LogP contribution in [0.15, 0.2) is 24.3 Å². The van der Waals surface area contributed by atoms with Crippen LogP contribution in [0.1, 0.15) is 31.0 Å². The van der Waals surface area contributed by atoms with E-state index in [2.05, 4.69) is 50.4 Å². The van der Waals surface area contributed by atoms with E-state index in [-0.39, 0.29) is 12.1 Å². The van der Waals surface area contributed by atoms with Gasteiger partial charge in [-0.05, 0) is 38.9 Å². The molecule has 1 N–H and O–H groups in total. The lowest BCUT2D eigenvalue weighted by Gasteiger charge is -2.20.